The van der Waals surface area contributed by atoms with Crippen LogP contribution < -0.4 is 10.1 Å². The number of rotatable bonds is 5. The Morgan fingerprint density at radius 1 is 1.53 bits per heavy atom. The molecule has 1 rings (SSSR count). The molecule has 0 heterocycles. The molecule has 0 fully saturated rings. The van der Waals surface area contributed by atoms with Crippen LogP contribution in [0.5, 0.6) is 5.75 Å². The molecular formula is C11H14BrNO2. The van der Waals surface area contributed by atoms with Gasteiger partial charge in [0.05, 0.1) is 11.6 Å². The Kier molecular flexibility index (Phi) is 4.62. The zero-order valence-corrected chi connectivity index (χ0v) is 10.4. The van der Waals surface area contributed by atoms with E-state index in [1.54, 1.807) is 14.0 Å². The molecule has 0 aliphatic rings. The highest BCUT2D eigenvalue weighted by Crippen LogP contribution is 2.27. The lowest BCUT2D eigenvalue weighted by Gasteiger charge is -2.08. The fraction of sp³-hybridized carbons (Fsp3) is 0.364. The van der Waals surface area contributed by atoms with E-state index in [0.717, 1.165) is 15.9 Å². The lowest BCUT2D eigenvalue weighted by Crippen LogP contribution is -2.05. The van der Waals surface area contributed by atoms with Crippen molar-refractivity contribution in [1.29, 1.82) is 0 Å². The van der Waals surface area contributed by atoms with E-state index in [0.29, 0.717) is 13.0 Å². The summed E-state index contributed by atoms with van der Waals surface area (Å²) in [4.78, 5) is 10.7. The maximum absolute atomic E-state index is 10.7. The summed E-state index contributed by atoms with van der Waals surface area (Å²) in [5.74, 6) is 0.988. The van der Waals surface area contributed by atoms with E-state index in [9.17, 15) is 4.79 Å². The summed E-state index contributed by atoms with van der Waals surface area (Å²) in [7, 11) is 1.63. The van der Waals surface area contributed by atoms with E-state index in [-0.39, 0.29) is 5.78 Å². The second-order valence-corrected chi connectivity index (χ2v) is 4.08. The summed E-state index contributed by atoms with van der Waals surface area (Å²) in [6.45, 7) is 2.25. The van der Waals surface area contributed by atoms with Gasteiger partial charge in [0, 0.05) is 18.7 Å². The fourth-order valence-corrected chi connectivity index (χ4v) is 1.70. The van der Waals surface area contributed by atoms with Crippen LogP contribution in [-0.2, 0) is 4.79 Å². The summed E-state index contributed by atoms with van der Waals surface area (Å²) in [5.41, 5.74) is 0.976. The van der Waals surface area contributed by atoms with Crippen molar-refractivity contribution in [2.24, 2.45) is 0 Å². The van der Waals surface area contributed by atoms with Gasteiger partial charge in [0.15, 0.2) is 0 Å². The van der Waals surface area contributed by atoms with Crippen molar-refractivity contribution in [1.82, 2.24) is 0 Å². The van der Waals surface area contributed by atoms with E-state index in [4.69, 9.17) is 4.74 Å². The highest BCUT2D eigenvalue weighted by molar-refractivity contribution is 9.10. The van der Waals surface area contributed by atoms with E-state index in [1.807, 2.05) is 18.2 Å². The predicted octanol–water partition coefficient (Wildman–Crippen LogP) is 2.85. The maximum atomic E-state index is 10.7. The number of hydrogen-bond donors (Lipinski definition) is 1. The molecule has 0 radical (unpaired) electrons. The predicted molar refractivity (Wildman–Crippen MR) is 64.5 cm³/mol. The fourth-order valence-electron chi connectivity index (χ4n) is 1.16. The van der Waals surface area contributed by atoms with Crippen LogP contribution in [0.15, 0.2) is 22.7 Å². The molecule has 0 aromatic heterocycles. The number of benzene rings is 1. The second kappa shape index (κ2) is 5.75. The van der Waals surface area contributed by atoms with E-state index in [1.165, 1.54) is 0 Å². The minimum Gasteiger partial charge on any atom is -0.496 e. The largest absolute Gasteiger partial charge is 0.496 e. The number of halogens is 1. The van der Waals surface area contributed by atoms with Crippen LogP contribution in [-0.4, -0.2) is 19.4 Å². The van der Waals surface area contributed by atoms with E-state index in [2.05, 4.69) is 21.2 Å². The van der Waals surface area contributed by atoms with Crippen molar-refractivity contribution in [3.8, 4) is 5.75 Å². The van der Waals surface area contributed by atoms with Crippen LogP contribution in [0.25, 0.3) is 0 Å². The number of ether oxygens (including phenoxy) is 1. The molecule has 0 saturated heterocycles. The molecule has 1 aromatic rings. The van der Waals surface area contributed by atoms with Gasteiger partial charge in [0.2, 0.25) is 0 Å². The smallest absolute Gasteiger partial charge is 0.133 e. The molecule has 82 valence electrons. The Morgan fingerprint density at radius 3 is 2.80 bits per heavy atom. The van der Waals surface area contributed by atoms with Gasteiger partial charge in [-0.1, -0.05) is 0 Å². The number of nitrogens with one attached hydrogen (secondary N) is 1. The van der Waals surface area contributed by atoms with Crippen molar-refractivity contribution >= 4 is 27.4 Å². The van der Waals surface area contributed by atoms with Gasteiger partial charge < -0.3 is 10.1 Å². The Balaban J connectivity index is 2.55. The highest BCUT2D eigenvalue weighted by atomic mass is 79.9. The first-order chi connectivity index (χ1) is 7.13. The van der Waals surface area contributed by atoms with Crippen molar-refractivity contribution in [3.05, 3.63) is 22.7 Å². The molecule has 1 aromatic carbocycles. The van der Waals surface area contributed by atoms with Gasteiger partial charge in [-0.2, -0.15) is 0 Å². The van der Waals surface area contributed by atoms with Crippen molar-refractivity contribution in [2.75, 3.05) is 19.0 Å². The first kappa shape index (κ1) is 12.0. The standard InChI is InChI=1S/C11H14BrNO2/c1-8(14)5-6-13-9-3-4-11(15-2)10(12)7-9/h3-4,7,13H,5-6H2,1-2H3. The summed E-state index contributed by atoms with van der Waals surface area (Å²) in [6.07, 6.45) is 0.545. The first-order valence-corrected chi connectivity index (χ1v) is 5.49. The molecule has 1 N–H and O–H groups in total. The van der Waals surface area contributed by atoms with Crippen LogP contribution in [0.2, 0.25) is 0 Å². The monoisotopic (exact) mass is 271 g/mol. The molecule has 0 saturated carbocycles. The molecule has 0 unspecified atom stereocenters. The van der Waals surface area contributed by atoms with Gasteiger partial charge in [-0.25, -0.2) is 0 Å². The minimum atomic E-state index is 0.190. The minimum absolute atomic E-state index is 0.190. The topological polar surface area (TPSA) is 38.3 Å². The number of methoxy groups -OCH3 is 1. The number of ketones is 1. The van der Waals surface area contributed by atoms with Crippen LogP contribution in [0.4, 0.5) is 5.69 Å². The highest BCUT2D eigenvalue weighted by Gasteiger charge is 2.01. The Hall–Kier alpha value is -1.03. The van der Waals surface area contributed by atoms with Crippen molar-refractivity contribution in [3.63, 3.8) is 0 Å². The summed E-state index contributed by atoms with van der Waals surface area (Å²) in [6, 6.07) is 5.73. The van der Waals surface area contributed by atoms with E-state index < -0.39 is 0 Å². The molecule has 0 bridgehead atoms. The number of Topliss-reactive ketones (excluding diaryl/α,β-unsaturated/α-hetero) is 1. The van der Waals surface area contributed by atoms with Crippen LogP contribution >= 0.6 is 15.9 Å². The Morgan fingerprint density at radius 2 is 2.27 bits per heavy atom. The summed E-state index contributed by atoms with van der Waals surface area (Å²) >= 11 is 3.40. The van der Waals surface area contributed by atoms with Crippen LogP contribution in [0.3, 0.4) is 0 Å². The molecule has 4 heteroatoms. The number of carbonyl (C=O) groups is 1. The molecular weight excluding hydrogens is 258 g/mol. The molecule has 0 aliphatic carbocycles. The first-order valence-electron chi connectivity index (χ1n) is 4.70. The van der Waals surface area contributed by atoms with Gasteiger partial charge in [-0.05, 0) is 41.1 Å². The number of carbonyl (C=O) groups excluding carboxylic acids is 1. The average molecular weight is 272 g/mol. The maximum Gasteiger partial charge on any atom is 0.133 e. The molecule has 15 heavy (non-hydrogen) atoms. The SMILES string of the molecule is COc1ccc(NCCC(C)=O)cc1Br. The number of hydrogen-bond acceptors (Lipinski definition) is 3. The molecule has 0 spiro atoms. The van der Waals surface area contributed by atoms with Crippen LogP contribution in [0, 0.1) is 0 Å². The Bertz CT molecular complexity index is 352. The third-order valence-corrected chi connectivity index (χ3v) is 2.58. The van der Waals surface area contributed by atoms with Crippen molar-refractivity contribution in [2.45, 2.75) is 13.3 Å². The second-order valence-electron chi connectivity index (χ2n) is 3.23. The zero-order valence-electron chi connectivity index (χ0n) is 8.84. The molecule has 0 amide bonds. The molecule has 3 nitrogen and oxygen atoms in total. The van der Waals surface area contributed by atoms with Gasteiger partial charge in [-0.15, -0.1) is 0 Å². The number of anilines is 1. The quantitative estimate of drug-likeness (QED) is 0.895. The molecule has 0 aliphatic heterocycles. The lowest BCUT2D eigenvalue weighted by molar-refractivity contribution is -0.116. The zero-order chi connectivity index (χ0) is 11.3. The van der Waals surface area contributed by atoms with Gasteiger partial charge in [0.25, 0.3) is 0 Å². The third-order valence-electron chi connectivity index (χ3n) is 1.96. The summed E-state index contributed by atoms with van der Waals surface area (Å²) < 4.78 is 6.01. The van der Waals surface area contributed by atoms with Gasteiger partial charge in [0.1, 0.15) is 11.5 Å². The van der Waals surface area contributed by atoms with Crippen LogP contribution in [0.1, 0.15) is 13.3 Å². The van der Waals surface area contributed by atoms with Crippen molar-refractivity contribution < 1.29 is 9.53 Å². The molecule has 0 atom stereocenters. The normalized spacial score (nSPS) is 9.80. The average Bonchev–Trinajstić information content (AvgIpc) is 2.17. The van der Waals surface area contributed by atoms with E-state index >= 15 is 0 Å². The third kappa shape index (κ3) is 3.91. The summed E-state index contributed by atoms with van der Waals surface area (Å²) in [5, 5.41) is 3.16. The van der Waals surface area contributed by atoms with Gasteiger partial charge >= 0.3 is 0 Å². The Labute approximate surface area is 97.9 Å². The van der Waals surface area contributed by atoms with Gasteiger partial charge in [-0.3, -0.25) is 4.79 Å². The lowest BCUT2D eigenvalue weighted by atomic mass is 10.2.